The highest BCUT2D eigenvalue weighted by Crippen LogP contribution is 2.13. The molecule has 0 spiro atoms. The second kappa shape index (κ2) is 9.71. The molecule has 0 atom stereocenters. The Bertz CT molecular complexity index is 1060. The van der Waals surface area contributed by atoms with E-state index >= 15 is 0 Å². The van der Waals surface area contributed by atoms with Crippen molar-refractivity contribution in [3.63, 3.8) is 0 Å². The van der Waals surface area contributed by atoms with Gasteiger partial charge >= 0.3 is 0 Å². The maximum absolute atomic E-state index is 12.3. The van der Waals surface area contributed by atoms with Crippen LogP contribution in [0.5, 0.6) is 5.88 Å². The van der Waals surface area contributed by atoms with Crippen molar-refractivity contribution >= 4 is 17.9 Å². The summed E-state index contributed by atoms with van der Waals surface area (Å²) in [4.78, 5) is 29.6. The van der Waals surface area contributed by atoms with Gasteiger partial charge in [0.15, 0.2) is 0 Å². The largest absolute Gasteiger partial charge is 0.335 e. The number of hydrogen-bond donors (Lipinski definition) is 1. The van der Waals surface area contributed by atoms with Gasteiger partial charge < -0.3 is 10.2 Å². The number of nitriles is 1. The normalized spacial score (nSPS) is 10.5. The molecule has 8 nitrogen and oxygen atoms in total. The number of nitrogens with zero attached hydrogens (tertiary/aromatic N) is 5. The minimum Gasteiger partial charge on any atom is -0.335 e. The molecule has 3 rings (SSSR count). The van der Waals surface area contributed by atoms with Crippen LogP contribution in [0, 0.1) is 18.3 Å². The first-order valence-electron chi connectivity index (χ1n) is 8.88. The molecule has 29 heavy (non-hydrogen) atoms. The molecule has 144 valence electrons. The first-order valence-corrected chi connectivity index (χ1v) is 8.88. The number of hydrogen-bond acceptors (Lipinski definition) is 7. The third kappa shape index (κ3) is 5.43. The van der Waals surface area contributed by atoms with E-state index in [9.17, 15) is 4.79 Å². The Morgan fingerprint density at radius 1 is 1.24 bits per heavy atom. The predicted molar refractivity (Wildman–Crippen MR) is 108 cm³/mol. The molecular weight excluding hydrogens is 368 g/mol. The van der Waals surface area contributed by atoms with Gasteiger partial charge in [-0.2, -0.15) is 5.26 Å². The molecule has 0 aliphatic carbocycles. The predicted octanol–water partition coefficient (Wildman–Crippen LogP) is 3.30. The third-order valence-corrected chi connectivity index (χ3v) is 4.02. The van der Waals surface area contributed by atoms with Crippen LogP contribution in [-0.4, -0.2) is 27.1 Å². The molecular formula is C21H18N6O2. The lowest BCUT2D eigenvalue weighted by atomic mass is 10.1. The van der Waals surface area contributed by atoms with E-state index in [1.807, 2.05) is 19.1 Å². The van der Waals surface area contributed by atoms with Gasteiger partial charge in [-0.25, -0.2) is 9.97 Å². The number of carbonyl (C=O) groups excluding carboxylic acids is 1. The number of carbonyl (C=O) groups is 1. The quantitative estimate of drug-likeness (QED) is 0.492. The number of rotatable bonds is 7. The average Bonchev–Trinajstić information content (AvgIpc) is 2.75. The van der Waals surface area contributed by atoms with Crippen LogP contribution in [0.1, 0.15) is 33.5 Å². The highest BCUT2D eigenvalue weighted by atomic mass is 16.6. The molecule has 0 radical (unpaired) electrons. The van der Waals surface area contributed by atoms with E-state index in [0.29, 0.717) is 29.8 Å². The van der Waals surface area contributed by atoms with Crippen LogP contribution in [0.15, 0.2) is 60.3 Å². The van der Waals surface area contributed by atoms with Crippen molar-refractivity contribution < 1.29 is 9.63 Å². The molecule has 3 heterocycles. The zero-order valence-electron chi connectivity index (χ0n) is 15.7. The van der Waals surface area contributed by atoms with Crippen LogP contribution in [0.2, 0.25) is 0 Å². The van der Waals surface area contributed by atoms with Crippen molar-refractivity contribution in [2.45, 2.75) is 19.8 Å². The van der Waals surface area contributed by atoms with Crippen molar-refractivity contribution in [1.82, 2.24) is 15.0 Å². The fourth-order valence-corrected chi connectivity index (χ4v) is 2.45. The maximum Gasteiger partial charge on any atom is 0.266 e. The summed E-state index contributed by atoms with van der Waals surface area (Å²) in [7, 11) is 0. The minimum absolute atomic E-state index is 0.178. The van der Waals surface area contributed by atoms with Crippen LogP contribution in [0.3, 0.4) is 0 Å². The van der Waals surface area contributed by atoms with E-state index in [4.69, 9.17) is 10.1 Å². The monoisotopic (exact) mass is 386 g/mol. The Balaban J connectivity index is 1.49. The van der Waals surface area contributed by atoms with Gasteiger partial charge in [-0.05, 0) is 55.2 Å². The van der Waals surface area contributed by atoms with Crippen molar-refractivity contribution in [3.8, 4) is 11.9 Å². The number of amides is 1. The van der Waals surface area contributed by atoms with Crippen LogP contribution in [0.25, 0.3) is 0 Å². The molecule has 0 unspecified atom stereocenters. The number of aromatic nitrogens is 3. The van der Waals surface area contributed by atoms with Crippen molar-refractivity contribution in [3.05, 3.63) is 77.4 Å². The average molecular weight is 386 g/mol. The van der Waals surface area contributed by atoms with Crippen molar-refractivity contribution in [1.29, 1.82) is 5.26 Å². The molecule has 0 fully saturated rings. The maximum atomic E-state index is 12.3. The van der Waals surface area contributed by atoms with Gasteiger partial charge in [0.2, 0.25) is 0 Å². The Hall–Kier alpha value is -4.12. The summed E-state index contributed by atoms with van der Waals surface area (Å²) in [6, 6.07) is 10.7. The van der Waals surface area contributed by atoms with E-state index in [1.165, 1.54) is 12.4 Å². The number of aryl methyl sites for hydroxylation is 2. The molecule has 8 heteroatoms. The van der Waals surface area contributed by atoms with E-state index in [-0.39, 0.29) is 11.8 Å². The third-order valence-electron chi connectivity index (χ3n) is 4.02. The number of pyridine rings is 3. The molecule has 0 aliphatic rings. The number of anilines is 1. The van der Waals surface area contributed by atoms with E-state index in [1.54, 1.807) is 42.9 Å². The summed E-state index contributed by atoms with van der Waals surface area (Å²) in [5.41, 5.74) is 2.68. The van der Waals surface area contributed by atoms with E-state index < -0.39 is 0 Å². The zero-order valence-corrected chi connectivity index (χ0v) is 15.7. The molecule has 1 amide bonds. The highest BCUT2D eigenvalue weighted by molar-refractivity contribution is 6.04. The molecule has 3 aromatic rings. The molecule has 0 aliphatic heterocycles. The molecule has 0 bridgehead atoms. The Morgan fingerprint density at radius 2 is 2.14 bits per heavy atom. The molecule has 1 N–H and O–H groups in total. The van der Waals surface area contributed by atoms with Gasteiger partial charge in [0.25, 0.3) is 11.8 Å². The summed E-state index contributed by atoms with van der Waals surface area (Å²) < 4.78 is 0. The minimum atomic E-state index is -0.244. The SMILES string of the molecule is Cc1ccncc1C(=O)Nc1ccc(CC/C=N/Oc2ncccc2C#N)cn1. The second-order valence-corrected chi connectivity index (χ2v) is 6.08. The Labute approximate surface area is 167 Å². The van der Waals surface area contributed by atoms with Gasteiger partial charge in [0, 0.05) is 31.0 Å². The fourth-order valence-electron chi connectivity index (χ4n) is 2.45. The standard InChI is InChI=1S/C21H18N6O2/c1-15-8-11-23-14-18(15)20(28)27-19-7-6-16(13-25-19)4-2-10-26-29-21-17(12-22)5-3-9-24-21/h3,5-11,13-14H,2,4H2,1H3,(H,25,27,28)/b26-10+. The molecule has 3 aromatic heterocycles. The summed E-state index contributed by atoms with van der Waals surface area (Å²) in [6.07, 6.45) is 9.34. The van der Waals surface area contributed by atoms with Gasteiger partial charge in [-0.1, -0.05) is 11.2 Å². The van der Waals surface area contributed by atoms with E-state index in [0.717, 1.165) is 11.1 Å². The summed E-state index contributed by atoms with van der Waals surface area (Å²) in [6.45, 7) is 1.85. The molecule has 0 aromatic carbocycles. The zero-order chi connectivity index (χ0) is 20.5. The summed E-state index contributed by atoms with van der Waals surface area (Å²) in [5, 5.41) is 15.6. The molecule has 0 saturated heterocycles. The van der Waals surface area contributed by atoms with Crippen LogP contribution >= 0.6 is 0 Å². The lowest BCUT2D eigenvalue weighted by Crippen LogP contribution is -2.14. The highest BCUT2D eigenvalue weighted by Gasteiger charge is 2.09. The summed E-state index contributed by atoms with van der Waals surface area (Å²) in [5.74, 6) is 0.404. The Kier molecular flexibility index (Phi) is 6.58. The van der Waals surface area contributed by atoms with Gasteiger partial charge in [-0.3, -0.25) is 9.78 Å². The lowest BCUT2D eigenvalue weighted by molar-refractivity contribution is 0.102. The second-order valence-electron chi connectivity index (χ2n) is 6.08. The van der Waals surface area contributed by atoms with Gasteiger partial charge in [0.1, 0.15) is 17.5 Å². The summed E-state index contributed by atoms with van der Waals surface area (Å²) >= 11 is 0. The van der Waals surface area contributed by atoms with Crippen molar-refractivity contribution in [2.75, 3.05) is 5.32 Å². The van der Waals surface area contributed by atoms with E-state index in [2.05, 4.69) is 25.4 Å². The molecule has 0 saturated carbocycles. The van der Waals surface area contributed by atoms with Gasteiger partial charge in [-0.15, -0.1) is 0 Å². The van der Waals surface area contributed by atoms with Gasteiger partial charge in [0.05, 0.1) is 5.56 Å². The van der Waals surface area contributed by atoms with Crippen LogP contribution in [-0.2, 0) is 6.42 Å². The first kappa shape index (κ1) is 19.6. The Morgan fingerprint density at radius 3 is 2.90 bits per heavy atom. The number of oxime groups is 1. The lowest BCUT2D eigenvalue weighted by Gasteiger charge is -2.07. The first-order chi connectivity index (χ1) is 14.2. The number of nitrogens with one attached hydrogen (secondary N) is 1. The van der Waals surface area contributed by atoms with Crippen molar-refractivity contribution in [2.24, 2.45) is 5.16 Å². The van der Waals surface area contributed by atoms with Crippen LogP contribution in [0.4, 0.5) is 5.82 Å². The smallest absolute Gasteiger partial charge is 0.266 e. The fraction of sp³-hybridized carbons (Fsp3) is 0.143. The topological polar surface area (TPSA) is 113 Å². The van der Waals surface area contributed by atoms with Crippen LogP contribution < -0.4 is 10.2 Å².